The Morgan fingerprint density at radius 3 is 2.81 bits per heavy atom. The molecule has 0 aliphatic rings. The van der Waals surface area contributed by atoms with Crippen LogP contribution in [0.1, 0.15) is 5.69 Å². The summed E-state index contributed by atoms with van der Waals surface area (Å²) in [5.74, 6) is 1.35. The zero-order valence-electron chi connectivity index (χ0n) is 17.0. The molecule has 0 saturated heterocycles. The predicted molar refractivity (Wildman–Crippen MR) is 115 cm³/mol. The van der Waals surface area contributed by atoms with E-state index in [-0.39, 0.29) is 0 Å². The molecule has 0 bridgehead atoms. The molecule has 1 radical (unpaired) electrons. The Bertz CT molecular complexity index is 1280. The second kappa shape index (κ2) is 8.71. The molecule has 2 aromatic carbocycles. The zero-order valence-corrected chi connectivity index (χ0v) is 17.0. The highest BCUT2D eigenvalue weighted by Crippen LogP contribution is 2.31. The highest BCUT2D eigenvalue weighted by molar-refractivity contribution is 5.88. The van der Waals surface area contributed by atoms with Gasteiger partial charge in [0.1, 0.15) is 41.2 Å². The smallest absolute Gasteiger partial charge is 0.147 e. The van der Waals surface area contributed by atoms with Crippen LogP contribution < -0.4 is 14.8 Å². The van der Waals surface area contributed by atoms with Gasteiger partial charge in [0.2, 0.25) is 0 Å². The van der Waals surface area contributed by atoms with Crippen LogP contribution in [0.3, 0.4) is 0 Å². The third-order valence-corrected chi connectivity index (χ3v) is 4.90. The van der Waals surface area contributed by atoms with Crippen LogP contribution >= 0.6 is 0 Å². The van der Waals surface area contributed by atoms with Crippen molar-refractivity contribution in [2.75, 3.05) is 26.1 Å². The van der Waals surface area contributed by atoms with E-state index < -0.39 is 5.82 Å². The van der Waals surface area contributed by atoms with Crippen molar-refractivity contribution < 1.29 is 13.9 Å². The van der Waals surface area contributed by atoms with E-state index >= 15 is 0 Å². The standard InChI is InChI=1S/C23H19FN5O2/c1-30-17-5-3-4-15(10-17)20-12-22(28-14-27-20)26-8-9-29-16(13-25)11-18-21(31-2)7-6-19(24)23(18)29/h3-4,6-7,10-12,14H,8-9H2,1-2H3,(H,26,27,28). The number of methoxy groups -OCH3 is 2. The highest BCUT2D eigenvalue weighted by atomic mass is 19.1. The summed E-state index contributed by atoms with van der Waals surface area (Å²) in [6.07, 6.45) is 1.47. The van der Waals surface area contributed by atoms with E-state index in [2.05, 4.69) is 27.4 Å². The van der Waals surface area contributed by atoms with E-state index in [0.717, 1.165) is 11.3 Å². The topological polar surface area (TPSA) is 85.0 Å². The monoisotopic (exact) mass is 416 g/mol. The second-order valence-electron chi connectivity index (χ2n) is 6.67. The maximum absolute atomic E-state index is 14.5. The lowest BCUT2D eigenvalue weighted by Crippen LogP contribution is -2.13. The maximum Gasteiger partial charge on any atom is 0.147 e. The van der Waals surface area contributed by atoms with Gasteiger partial charge >= 0.3 is 0 Å². The van der Waals surface area contributed by atoms with E-state index in [0.29, 0.717) is 47.0 Å². The number of ether oxygens (including phenoxy) is 2. The van der Waals surface area contributed by atoms with Crippen molar-refractivity contribution in [3.8, 4) is 28.8 Å². The van der Waals surface area contributed by atoms with E-state index in [4.69, 9.17) is 9.47 Å². The van der Waals surface area contributed by atoms with Gasteiger partial charge in [0.05, 0.1) is 25.4 Å². The third-order valence-electron chi connectivity index (χ3n) is 4.90. The second-order valence-corrected chi connectivity index (χ2v) is 6.67. The van der Waals surface area contributed by atoms with Crippen LogP contribution in [-0.4, -0.2) is 35.3 Å². The minimum Gasteiger partial charge on any atom is -0.496 e. The van der Waals surface area contributed by atoms with Gasteiger partial charge in [-0.1, -0.05) is 6.07 Å². The molecule has 0 aliphatic heterocycles. The van der Waals surface area contributed by atoms with Crippen molar-refractivity contribution in [2.24, 2.45) is 0 Å². The number of aromatic nitrogens is 3. The Labute approximate surface area is 178 Å². The molecule has 0 atom stereocenters. The fourth-order valence-corrected chi connectivity index (χ4v) is 3.44. The number of anilines is 1. The first-order chi connectivity index (χ1) is 15.1. The summed E-state index contributed by atoms with van der Waals surface area (Å²) in [5.41, 5.74) is 2.30. The number of benzene rings is 2. The van der Waals surface area contributed by atoms with Gasteiger partial charge in [-0.2, -0.15) is 5.26 Å². The average Bonchev–Trinajstić information content (AvgIpc) is 3.19. The molecule has 31 heavy (non-hydrogen) atoms. The molecular formula is C23H19FN5O2. The van der Waals surface area contributed by atoms with Crippen LogP contribution in [-0.2, 0) is 6.54 Å². The minimum absolute atomic E-state index is 0.341. The first kappa shape index (κ1) is 20.2. The molecule has 4 aromatic rings. The Morgan fingerprint density at radius 2 is 2.03 bits per heavy atom. The molecule has 2 heterocycles. The lowest BCUT2D eigenvalue weighted by atomic mass is 10.1. The van der Waals surface area contributed by atoms with E-state index in [9.17, 15) is 9.65 Å². The SMILES string of the molecule is COc1[c]ccc(-c2cc(NCCn3c(C#N)cc4c(OC)ccc(F)c43)ncn2)c1. The van der Waals surface area contributed by atoms with Crippen molar-refractivity contribution in [1.82, 2.24) is 14.5 Å². The Balaban J connectivity index is 1.55. The number of fused-ring (bicyclic) bond motifs is 1. The molecule has 0 fully saturated rings. The van der Waals surface area contributed by atoms with Gasteiger partial charge in [-0.25, -0.2) is 14.4 Å². The number of hydrogen-bond acceptors (Lipinski definition) is 6. The summed E-state index contributed by atoms with van der Waals surface area (Å²) >= 11 is 0. The Kier molecular flexibility index (Phi) is 5.67. The molecule has 0 spiro atoms. The van der Waals surface area contributed by atoms with Crippen molar-refractivity contribution in [2.45, 2.75) is 6.54 Å². The van der Waals surface area contributed by atoms with Crippen molar-refractivity contribution in [1.29, 1.82) is 5.26 Å². The molecular weight excluding hydrogens is 397 g/mol. The molecule has 2 aromatic heterocycles. The molecule has 0 aliphatic carbocycles. The van der Waals surface area contributed by atoms with Gasteiger partial charge in [-0.15, -0.1) is 0 Å². The van der Waals surface area contributed by atoms with E-state index in [1.54, 1.807) is 29.9 Å². The summed E-state index contributed by atoms with van der Waals surface area (Å²) < 4.78 is 26.7. The fourth-order valence-electron chi connectivity index (χ4n) is 3.44. The molecule has 155 valence electrons. The van der Waals surface area contributed by atoms with Crippen LogP contribution in [0.4, 0.5) is 10.2 Å². The Hall–Kier alpha value is -4.12. The number of nitrogens with one attached hydrogen (secondary N) is 1. The predicted octanol–water partition coefficient (Wildman–Crippen LogP) is 4.04. The summed E-state index contributed by atoms with van der Waals surface area (Å²) in [6, 6.07) is 17.0. The van der Waals surface area contributed by atoms with Gasteiger partial charge in [-0.05, 0) is 30.3 Å². The molecule has 8 heteroatoms. The highest BCUT2D eigenvalue weighted by Gasteiger charge is 2.16. The van der Waals surface area contributed by atoms with Crippen LogP contribution in [0.15, 0.2) is 48.8 Å². The molecule has 0 saturated carbocycles. The van der Waals surface area contributed by atoms with Crippen molar-refractivity contribution >= 4 is 16.7 Å². The lowest BCUT2D eigenvalue weighted by molar-refractivity contribution is 0.414. The average molecular weight is 416 g/mol. The molecule has 1 N–H and O–H groups in total. The summed E-state index contributed by atoms with van der Waals surface area (Å²) in [7, 11) is 3.10. The summed E-state index contributed by atoms with van der Waals surface area (Å²) in [6.45, 7) is 0.793. The maximum atomic E-state index is 14.5. The number of rotatable bonds is 7. The lowest BCUT2D eigenvalue weighted by Gasteiger charge is -2.11. The van der Waals surface area contributed by atoms with Crippen LogP contribution in [0.2, 0.25) is 0 Å². The van der Waals surface area contributed by atoms with Crippen LogP contribution in [0.25, 0.3) is 22.2 Å². The van der Waals surface area contributed by atoms with Crippen LogP contribution in [0, 0.1) is 23.2 Å². The van der Waals surface area contributed by atoms with E-state index in [1.807, 2.05) is 18.2 Å². The molecule has 4 rings (SSSR count). The van der Waals surface area contributed by atoms with Gasteiger partial charge in [0.15, 0.2) is 0 Å². The third kappa shape index (κ3) is 3.98. The fraction of sp³-hybridized carbons (Fsp3) is 0.174. The van der Waals surface area contributed by atoms with Gasteiger partial charge in [-0.3, -0.25) is 0 Å². The van der Waals surface area contributed by atoms with Gasteiger partial charge in [0, 0.05) is 36.2 Å². The van der Waals surface area contributed by atoms with Crippen molar-refractivity contribution in [3.05, 3.63) is 66.4 Å². The number of hydrogen-bond donors (Lipinski definition) is 1. The molecule has 0 amide bonds. The minimum atomic E-state index is -0.406. The first-order valence-electron chi connectivity index (χ1n) is 9.52. The van der Waals surface area contributed by atoms with Crippen molar-refractivity contribution in [3.63, 3.8) is 0 Å². The molecule has 0 unspecified atom stereocenters. The number of nitriles is 1. The summed E-state index contributed by atoms with van der Waals surface area (Å²) in [4.78, 5) is 8.56. The zero-order chi connectivity index (χ0) is 21.8. The normalized spacial score (nSPS) is 10.6. The molecule has 7 nitrogen and oxygen atoms in total. The quantitative estimate of drug-likeness (QED) is 0.490. The first-order valence-corrected chi connectivity index (χ1v) is 9.52. The number of nitrogens with zero attached hydrogens (tertiary/aromatic N) is 4. The largest absolute Gasteiger partial charge is 0.496 e. The van der Waals surface area contributed by atoms with Crippen LogP contribution in [0.5, 0.6) is 11.5 Å². The van der Waals surface area contributed by atoms with Gasteiger partial charge in [0.25, 0.3) is 0 Å². The van der Waals surface area contributed by atoms with E-state index in [1.165, 1.54) is 19.5 Å². The Morgan fingerprint density at radius 1 is 1.16 bits per heavy atom. The van der Waals surface area contributed by atoms with Gasteiger partial charge < -0.3 is 19.4 Å². The summed E-state index contributed by atoms with van der Waals surface area (Å²) in [5, 5.41) is 13.3. The number of halogens is 1.